The van der Waals surface area contributed by atoms with E-state index in [9.17, 15) is 9.59 Å². The molecule has 0 atom stereocenters. The second-order valence-electron chi connectivity index (χ2n) is 7.42. The third-order valence-corrected chi connectivity index (χ3v) is 5.89. The van der Waals surface area contributed by atoms with Gasteiger partial charge in [0.1, 0.15) is 11.4 Å². The largest absolute Gasteiger partial charge is 0.491 e. The van der Waals surface area contributed by atoms with Gasteiger partial charge in [-0.15, -0.1) is 11.3 Å². The van der Waals surface area contributed by atoms with Crippen LogP contribution in [-0.4, -0.2) is 17.9 Å². The van der Waals surface area contributed by atoms with Gasteiger partial charge < -0.3 is 10.1 Å². The average Bonchev–Trinajstić information content (AvgIpc) is 3.31. The Labute approximate surface area is 189 Å². The summed E-state index contributed by atoms with van der Waals surface area (Å²) in [6, 6.07) is 16.0. The monoisotopic (exact) mass is 452 g/mol. The zero-order valence-corrected chi connectivity index (χ0v) is 18.9. The van der Waals surface area contributed by atoms with Crippen molar-refractivity contribution in [2.45, 2.75) is 26.9 Å². The number of thiophene rings is 1. The number of halogens is 1. The van der Waals surface area contributed by atoms with Crippen molar-refractivity contribution < 1.29 is 14.3 Å². The van der Waals surface area contributed by atoms with Crippen LogP contribution < -0.4 is 15.0 Å². The number of carbonyl (C=O) groups excluding carboxylic acids is 2. The Balaban J connectivity index is 1.72. The maximum atomic E-state index is 13.4. The molecular weight excluding hydrogens is 432 g/mol. The van der Waals surface area contributed by atoms with Crippen LogP contribution in [0.1, 0.15) is 24.3 Å². The van der Waals surface area contributed by atoms with Crippen molar-refractivity contribution >= 4 is 51.7 Å². The lowest BCUT2D eigenvalue weighted by Crippen LogP contribution is -2.32. The summed E-state index contributed by atoms with van der Waals surface area (Å²) in [4.78, 5) is 28.7. The van der Waals surface area contributed by atoms with E-state index >= 15 is 0 Å². The van der Waals surface area contributed by atoms with E-state index in [1.54, 1.807) is 36.4 Å². The number of hydrogen-bond acceptors (Lipinski definition) is 5. The maximum Gasteiger partial charge on any atom is 0.282 e. The lowest BCUT2D eigenvalue weighted by Gasteiger charge is -2.17. The molecule has 0 unspecified atom stereocenters. The second kappa shape index (κ2) is 8.57. The van der Waals surface area contributed by atoms with E-state index in [1.165, 1.54) is 16.2 Å². The quantitative estimate of drug-likeness (QED) is 0.473. The van der Waals surface area contributed by atoms with Crippen molar-refractivity contribution in [3.8, 4) is 5.75 Å². The summed E-state index contributed by atoms with van der Waals surface area (Å²) >= 11 is 7.48. The number of aryl methyl sites for hydroxylation is 1. The molecule has 2 aromatic carbocycles. The Hall–Kier alpha value is -3.09. The predicted molar refractivity (Wildman–Crippen MR) is 126 cm³/mol. The highest BCUT2D eigenvalue weighted by atomic mass is 35.5. The first-order valence-electron chi connectivity index (χ1n) is 9.82. The van der Waals surface area contributed by atoms with Gasteiger partial charge in [-0.3, -0.25) is 9.59 Å². The van der Waals surface area contributed by atoms with Crippen molar-refractivity contribution in [2.24, 2.45) is 0 Å². The fourth-order valence-corrected chi connectivity index (χ4v) is 4.37. The standard InChI is InChI=1S/C24H21ClN2O3S/c1-14(2)30-18-9-7-17(8-10-18)27-23(28)21(20-5-4-12-31-20)22(24(27)29)26-19-11-6-16(25)13-15(19)3/h4-14,26H,1-3H3. The Morgan fingerprint density at radius 2 is 1.77 bits per heavy atom. The first kappa shape index (κ1) is 21.2. The van der Waals surface area contributed by atoms with Crippen molar-refractivity contribution in [1.29, 1.82) is 0 Å². The minimum absolute atomic E-state index is 0.0337. The molecule has 1 aromatic heterocycles. The second-order valence-corrected chi connectivity index (χ2v) is 8.80. The van der Waals surface area contributed by atoms with Gasteiger partial charge in [0.05, 0.1) is 17.4 Å². The van der Waals surface area contributed by atoms with Crippen LogP contribution in [-0.2, 0) is 9.59 Å². The Morgan fingerprint density at radius 1 is 1.03 bits per heavy atom. The van der Waals surface area contributed by atoms with Gasteiger partial charge >= 0.3 is 0 Å². The van der Waals surface area contributed by atoms with E-state index in [0.717, 1.165) is 16.1 Å². The molecule has 158 valence electrons. The van der Waals surface area contributed by atoms with Gasteiger partial charge in [-0.05, 0) is 80.2 Å². The molecule has 0 bridgehead atoms. The number of carbonyl (C=O) groups is 2. The van der Waals surface area contributed by atoms with Crippen LogP contribution in [0.3, 0.4) is 0 Å². The van der Waals surface area contributed by atoms with Crippen LogP contribution in [0.15, 0.2) is 65.7 Å². The highest BCUT2D eigenvalue weighted by Crippen LogP contribution is 2.36. The normalized spacial score (nSPS) is 14.0. The molecule has 0 aliphatic carbocycles. The summed E-state index contributed by atoms with van der Waals surface area (Å²) in [5.41, 5.74) is 2.69. The third kappa shape index (κ3) is 4.22. The Kier molecular flexibility index (Phi) is 5.85. The van der Waals surface area contributed by atoms with Gasteiger partial charge in [-0.1, -0.05) is 17.7 Å². The molecule has 1 N–H and O–H groups in total. The molecule has 31 heavy (non-hydrogen) atoms. The summed E-state index contributed by atoms with van der Waals surface area (Å²) < 4.78 is 5.67. The summed E-state index contributed by atoms with van der Waals surface area (Å²) in [6.45, 7) is 5.77. The van der Waals surface area contributed by atoms with E-state index in [0.29, 0.717) is 22.0 Å². The molecule has 2 heterocycles. The lowest BCUT2D eigenvalue weighted by molar-refractivity contribution is -0.120. The van der Waals surface area contributed by atoms with Gasteiger partial charge in [-0.2, -0.15) is 0 Å². The molecule has 0 fully saturated rings. The highest BCUT2D eigenvalue weighted by molar-refractivity contribution is 7.11. The van der Waals surface area contributed by atoms with Crippen molar-refractivity contribution in [3.63, 3.8) is 0 Å². The summed E-state index contributed by atoms with van der Waals surface area (Å²) in [5, 5.41) is 5.67. The SMILES string of the molecule is Cc1cc(Cl)ccc1NC1=C(c2cccs2)C(=O)N(c2ccc(OC(C)C)cc2)C1=O. The maximum absolute atomic E-state index is 13.4. The third-order valence-electron chi connectivity index (χ3n) is 4.77. The number of ether oxygens (including phenoxy) is 1. The summed E-state index contributed by atoms with van der Waals surface area (Å²) in [5.74, 6) is -0.0844. The Morgan fingerprint density at radius 3 is 2.39 bits per heavy atom. The lowest BCUT2D eigenvalue weighted by atomic mass is 10.1. The van der Waals surface area contributed by atoms with Crippen LogP contribution in [0.25, 0.3) is 5.57 Å². The van der Waals surface area contributed by atoms with E-state index in [-0.39, 0.29) is 17.7 Å². The molecule has 0 saturated carbocycles. The fourth-order valence-electron chi connectivity index (χ4n) is 3.38. The highest BCUT2D eigenvalue weighted by Gasteiger charge is 2.40. The number of rotatable bonds is 6. The molecule has 1 aliphatic rings. The van der Waals surface area contributed by atoms with Crippen LogP contribution in [0.2, 0.25) is 5.02 Å². The zero-order valence-electron chi connectivity index (χ0n) is 17.3. The van der Waals surface area contributed by atoms with E-state index < -0.39 is 5.91 Å². The number of benzene rings is 2. The Bertz CT molecular complexity index is 1170. The smallest absolute Gasteiger partial charge is 0.282 e. The van der Waals surface area contributed by atoms with Crippen LogP contribution in [0, 0.1) is 6.92 Å². The minimum Gasteiger partial charge on any atom is -0.491 e. The van der Waals surface area contributed by atoms with Crippen molar-refractivity contribution in [1.82, 2.24) is 0 Å². The topological polar surface area (TPSA) is 58.6 Å². The molecule has 0 saturated heterocycles. The van der Waals surface area contributed by atoms with E-state index in [2.05, 4.69) is 5.32 Å². The number of nitrogens with zero attached hydrogens (tertiary/aromatic N) is 1. The summed E-state index contributed by atoms with van der Waals surface area (Å²) in [7, 11) is 0. The number of anilines is 2. The molecule has 4 rings (SSSR count). The van der Waals surface area contributed by atoms with Crippen molar-refractivity contribution in [2.75, 3.05) is 10.2 Å². The molecular formula is C24H21ClN2O3S. The van der Waals surface area contributed by atoms with E-state index in [4.69, 9.17) is 16.3 Å². The molecule has 0 radical (unpaired) electrons. The molecule has 7 heteroatoms. The molecule has 5 nitrogen and oxygen atoms in total. The molecule has 1 aliphatic heterocycles. The van der Waals surface area contributed by atoms with Crippen molar-refractivity contribution in [3.05, 3.63) is 81.1 Å². The number of imide groups is 1. The molecule has 3 aromatic rings. The number of nitrogens with one attached hydrogen (secondary N) is 1. The minimum atomic E-state index is -0.403. The van der Waals surface area contributed by atoms with Gasteiger partial charge in [0.25, 0.3) is 11.8 Å². The van der Waals surface area contributed by atoms with Gasteiger partial charge in [-0.25, -0.2) is 4.90 Å². The van der Waals surface area contributed by atoms with Gasteiger partial charge in [0.2, 0.25) is 0 Å². The van der Waals surface area contributed by atoms with Gasteiger partial charge in [0, 0.05) is 15.6 Å². The first-order valence-corrected chi connectivity index (χ1v) is 11.1. The van der Waals surface area contributed by atoms with Crippen LogP contribution in [0.4, 0.5) is 11.4 Å². The molecule has 2 amide bonds. The predicted octanol–water partition coefficient (Wildman–Crippen LogP) is 5.89. The molecule has 0 spiro atoms. The van der Waals surface area contributed by atoms with Crippen LogP contribution in [0.5, 0.6) is 5.75 Å². The fraction of sp³-hybridized carbons (Fsp3) is 0.167. The number of hydrogen-bond donors (Lipinski definition) is 1. The van der Waals surface area contributed by atoms with Gasteiger partial charge in [0.15, 0.2) is 0 Å². The van der Waals surface area contributed by atoms with Crippen LogP contribution >= 0.6 is 22.9 Å². The summed E-state index contributed by atoms with van der Waals surface area (Å²) in [6.07, 6.45) is 0.0337. The first-order chi connectivity index (χ1) is 14.8. The van der Waals surface area contributed by atoms with E-state index in [1.807, 2.05) is 44.4 Å². The zero-order chi connectivity index (χ0) is 22.1. The number of amides is 2. The average molecular weight is 453 g/mol.